The minimum Gasteiger partial charge on any atom is -0.382 e. The zero-order valence-corrected chi connectivity index (χ0v) is 13.3. The highest BCUT2D eigenvalue weighted by Gasteiger charge is 2.41. The minimum atomic E-state index is -0.203. The van der Waals surface area contributed by atoms with Gasteiger partial charge >= 0.3 is 0 Å². The average Bonchev–Trinajstić information content (AvgIpc) is 3.14. The van der Waals surface area contributed by atoms with Crippen LogP contribution in [-0.4, -0.2) is 16.3 Å². The molecule has 1 fully saturated rings. The largest absolute Gasteiger partial charge is 0.382 e. The standard InChI is InChI=1S/C15H24ClN3O/c1-4-5-15(6-7-15)10-17-12-8-18-19(9-11(2)3)14(20)13(12)16/h8,11,17H,4-7,9-10H2,1-3H3. The third-order valence-corrected chi connectivity index (χ3v) is 4.28. The molecule has 0 atom stereocenters. The number of nitrogens with zero attached hydrogens (tertiary/aromatic N) is 2. The summed E-state index contributed by atoms with van der Waals surface area (Å²) in [5.74, 6) is 0.370. The van der Waals surface area contributed by atoms with Crippen molar-refractivity contribution in [3.05, 3.63) is 21.6 Å². The number of hydrogen-bond donors (Lipinski definition) is 1. The van der Waals surface area contributed by atoms with Gasteiger partial charge in [-0.3, -0.25) is 4.79 Å². The molecule has 2 rings (SSSR count). The van der Waals surface area contributed by atoms with Crippen LogP contribution in [0.5, 0.6) is 0 Å². The topological polar surface area (TPSA) is 46.9 Å². The molecule has 0 bridgehead atoms. The predicted octanol–water partition coefficient (Wildman–Crippen LogP) is 3.54. The van der Waals surface area contributed by atoms with Crippen LogP contribution in [0.2, 0.25) is 5.02 Å². The fourth-order valence-electron chi connectivity index (χ4n) is 2.57. The Morgan fingerprint density at radius 2 is 2.20 bits per heavy atom. The van der Waals surface area contributed by atoms with Crippen LogP contribution in [0.15, 0.2) is 11.0 Å². The second-order valence-corrected chi connectivity index (χ2v) is 6.73. The Hall–Kier alpha value is -1.03. The Labute approximate surface area is 125 Å². The molecule has 1 aromatic heterocycles. The van der Waals surface area contributed by atoms with Gasteiger partial charge in [-0.1, -0.05) is 38.8 Å². The average molecular weight is 298 g/mol. The van der Waals surface area contributed by atoms with E-state index < -0.39 is 0 Å². The quantitative estimate of drug-likeness (QED) is 0.837. The van der Waals surface area contributed by atoms with E-state index in [-0.39, 0.29) is 10.6 Å². The van der Waals surface area contributed by atoms with Crippen molar-refractivity contribution in [1.29, 1.82) is 0 Å². The van der Waals surface area contributed by atoms with E-state index in [0.717, 1.165) is 6.54 Å². The summed E-state index contributed by atoms with van der Waals surface area (Å²) in [5, 5.41) is 7.77. The van der Waals surface area contributed by atoms with E-state index >= 15 is 0 Å². The molecule has 0 saturated heterocycles. The van der Waals surface area contributed by atoms with Gasteiger partial charge in [0.25, 0.3) is 5.56 Å². The maximum atomic E-state index is 12.1. The molecule has 0 unspecified atom stereocenters. The molecule has 0 radical (unpaired) electrons. The molecule has 0 spiro atoms. The lowest BCUT2D eigenvalue weighted by Crippen LogP contribution is -2.27. The first-order chi connectivity index (χ1) is 9.47. The summed E-state index contributed by atoms with van der Waals surface area (Å²) in [5.41, 5.74) is 0.884. The van der Waals surface area contributed by atoms with Crippen molar-refractivity contribution in [3.8, 4) is 0 Å². The van der Waals surface area contributed by atoms with Crippen LogP contribution in [0.1, 0.15) is 46.5 Å². The zero-order chi connectivity index (χ0) is 14.8. The van der Waals surface area contributed by atoms with Crippen molar-refractivity contribution in [2.75, 3.05) is 11.9 Å². The van der Waals surface area contributed by atoms with Gasteiger partial charge < -0.3 is 5.32 Å². The highest BCUT2D eigenvalue weighted by Crippen LogP contribution is 2.49. The number of hydrogen-bond acceptors (Lipinski definition) is 3. The smallest absolute Gasteiger partial charge is 0.287 e. The van der Waals surface area contributed by atoms with Crippen LogP contribution in [0, 0.1) is 11.3 Å². The number of anilines is 1. The second kappa shape index (κ2) is 6.17. The number of aromatic nitrogens is 2. The Kier molecular flexibility index (Phi) is 4.74. The molecule has 0 aromatic carbocycles. The van der Waals surface area contributed by atoms with Crippen molar-refractivity contribution < 1.29 is 0 Å². The van der Waals surface area contributed by atoms with Crippen LogP contribution >= 0.6 is 11.6 Å². The van der Waals surface area contributed by atoms with Crippen LogP contribution in [0.4, 0.5) is 5.69 Å². The lowest BCUT2D eigenvalue weighted by molar-refractivity contribution is 0.463. The fourth-order valence-corrected chi connectivity index (χ4v) is 2.78. The van der Waals surface area contributed by atoms with Crippen LogP contribution in [0.25, 0.3) is 0 Å². The molecule has 20 heavy (non-hydrogen) atoms. The Morgan fingerprint density at radius 1 is 1.50 bits per heavy atom. The van der Waals surface area contributed by atoms with Gasteiger partial charge in [0, 0.05) is 13.1 Å². The minimum absolute atomic E-state index is 0.203. The molecule has 5 heteroatoms. The molecule has 1 aliphatic rings. The molecular weight excluding hydrogens is 274 g/mol. The van der Waals surface area contributed by atoms with E-state index in [1.807, 2.05) is 0 Å². The first kappa shape index (κ1) is 15.4. The van der Waals surface area contributed by atoms with E-state index in [9.17, 15) is 4.79 Å². The molecule has 1 heterocycles. The van der Waals surface area contributed by atoms with Gasteiger partial charge in [-0.15, -0.1) is 0 Å². The Balaban J connectivity index is 2.06. The van der Waals surface area contributed by atoms with E-state index in [4.69, 9.17) is 11.6 Å². The van der Waals surface area contributed by atoms with Gasteiger partial charge in [-0.25, -0.2) is 4.68 Å². The lowest BCUT2D eigenvalue weighted by Gasteiger charge is -2.17. The van der Waals surface area contributed by atoms with Gasteiger partial charge in [0.1, 0.15) is 5.02 Å². The molecule has 1 aromatic rings. The Bertz CT molecular complexity index is 520. The first-order valence-corrected chi connectivity index (χ1v) is 7.85. The van der Waals surface area contributed by atoms with Crippen molar-refractivity contribution in [3.63, 3.8) is 0 Å². The predicted molar refractivity (Wildman–Crippen MR) is 83.4 cm³/mol. The fraction of sp³-hybridized carbons (Fsp3) is 0.733. The monoisotopic (exact) mass is 297 g/mol. The van der Waals surface area contributed by atoms with Crippen LogP contribution < -0.4 is 10.9 Å². The molecule has 1 saturated carbocycles. The van der Waals surface area contributed by atoms with Gasteiger partial charge in [0.15, 0.2) is 0 Å². The van der Waals surface area contributed by atoms with E-state index in [0.29, 0.717) is 23.6 Å². The highest BCUT2D eigenvalue weighted by molar-refractivity contribution is 6.32. The highest BCUT2D eigenvalue weighted by atomic mass is 35.5. The summed E-state index contributed by atoms with van der Waals surface area (Å²) in [7, 11) is 0. The first-order valence-electron chi connectivity index (χ1n) is 7.47. The van der Waals surface area contributed by atoms with Crippen LogP contribution in [-0.2, 0) is 6.54 Å². The third kappa shape index (κ3) is 3.54. The summed E-state index contributed by atoms with van der Waals surface area (Å²) >= 11 is 6.17. The molecular formula is C15H24ClN3O. The summed E-state index contributed by atoms with van der Waals surface area (Å²) in [6, 6.07) is 0. The summed E-state index contributed by atoms with van der Waals surface area (Å²) in [4.78, 5) is 12.1. The Morgan fingerprint density at radius 3 is 2.75 bits per heavy atom. The molecule has 112 valence electrons. The number of nitrogens with one attached hydrogen (secondary N) is 1. The summed E-state index contributed by atoms with van der Waals surface area (Å²) < 4.78 is 1.44. The molecule has 0 aliphatic heterocycles. The third-order valence-electron chi connectivity index (χ3n) is 3.91. The number of halogens is 1. The van der Waals surface area contributed by atoms with Crippen molar-refractivity contribution in [1.82, 2.24) is 9.78 Å². The molecule has 1 aliphatic carbocycles. The van der Waals surface area contributed by atoms with Crippen LogP contribution in [0.3, 0.4) is 0 Å². The normalized spacial score (nSPS) is 16.4. The van der Waals surface area contributed by atoms with Gasteiger partial charge in [-0.05, 0) is 30.6 Å². The van der Waals surface area contributed by atoms with Gasteiger partial charge in [-0.2, -0.15) is 5.10 Å². The van der Waals surface area contributed by atoms with E-state index in [2.05, 4.69) is 31.2 Å². The molecule has 0 amide bonds. The molecule has 1 N–H and O–H groups in total. The second-order valence-electron chi connectivity index (χ2n) is 6.36. The van der Waals surface area contributed by atoms with E-state index in [1.165, 1.54) is 30.4 Å². The van der Waals surface area contributed by atoms with Gasteiger partial charge in [0.2, 0.25) is 0 Å². The summed E-state index contributed by atoms with van der Waals surface area (Å²) in [6.45, 7) is 7.79. The SMILES string of the molecule is CCCC1(CNc2cnn(CC(C)C)c(=O)c2Cl)CC1. The van der Waals surface area contributed by atoms with Crippen molar-refractivity contribution >= 4 is 17.3 Å². The maximum Gasteiger partial charge on any atom is 0.287 e. The zero-order valence-electron chi connectivity index (χ0n) is 12.6. The maximum absolute atomic E-state index is 12.1. The van der Waals surface area contributed by atoms with Crippen molar-refractivity contribution in [2.24, 2.45) is 11.3 Å². The van der Waals surface area contributed by atoms with Crippen molar-refractivity contribution in [2.45, 2.75) is 53.0 Å². The van der Waals surface area contributed by atoms with E-state index in [1.54, 1.807) is 6.20 Å². The number of rotatable bonds is 7. The molecule has 4 nitrogen and oxygen atoms in total. The lowest BCUT2D eigenvalue weighted by atomic mass is 10.0. The van der Waals surface area contributed by atoms with Gasteiger partial charge in [0.05, 0.1) is 11.9 Å². The summed E-state index contributed by atoms with van der Waals surface area (Å²) in [6.07, 6.45) is 6.64.